The number of piperidine rings is 1. The Kier molecular flexibility index (Phi) is 4.91. The van der Waals surface area contributed by atoms with Crippen LogP contribution in [0.2, 0.25) is 0 Å². The molecule has 1 unspecified atom stereocenters. The van der Waals surface area contributed by atoms with Crippen molar-refractivity contribution in [2.45, 2.75) is 31.0 Å². The van der Waals surface area contributed by atoms with Gasteiger partial charge in [0.2, 0.25) is 5.60 Å². The molecule has 1 saturated heterocycles. The van der Waals surface area contributed by atoms with Crippen molar-refractivity contribution in [1.82, 2.24) is 5.16 Å². The predicted molar refractivity (Wildman–Crippen MR) is 115 cm³/mol. The Hall–Kier alpha value is -2.96. The van der Waals surface area contributed by atoms with Crippen LogP contribution in [-0.2, 0) is 21.6 Å². The number of aliphatic hydroxyl groups is 1. The zero-order valence-corrected chi connectivity index (χ0v) is 17.7. The summed E-state index contributed by atoms with van der Waals surface area (Å²) in [6.07, 6.45) is 3.96. The minimum absolute atomic E-state index is 0.229. The Bertz CT molecular complexity index is 1050. The van der Waals surface area contributed by atoms with Crippen LogP contribution in [0.15, 0.2) is 65.4 Å². The summed E-state index contributed by atoms with van der Waals surface area (Å²) in [5.41, 5.74) is 2.13. The molecule has 0 amide bonds. The summed E-state index contributed by atoms with van der Waals surface area (Å²) >= 11 is 0. The molecule has 6 heteroatoms. The van der Waals surface area contributed by atoms with Gasteiger partial charge in [0.05, 0.1) is 25.8 Å². The lowest BCUT2D eigenvalue weighted by Gasteiger charge is -2.41. The van der Waals surface area contributed by atoms with Crippen LogP contribution in [0.1, 0.15) is 29.7 Å². The molecular weight excluding hydrogens is 392 g/mol. The Balaban J connectivity index is 1.35. The fourth-order valence-electron chi connectivity index (χ4n) is 5.09. The number of rotatable bonds is 5. The van der Waals surface area contributed by atoms with Crippen molar-refractivity contribution in [3.63, 3.8) is 0 Å². The molecule has 2 aliphatic rings. The molecule has 160 valence electrons. The number of ether oxygens (including phenoxy) is 1. The summed E-state index contributed by atoms with van der Waals surface area (Å²) < 4.78 is 11.7. The monoisotopic (exact) mass is 419 g/mol. The van der Waals surface area contributed by atoms with Crippen LogP contribution in [0.5, 0.6) is 0 Å². The molecule has 0 saturated carbocycles. The highest BCUT2D eigenvalue weighted by Crippen LogP contribution is 2.48. The quantitative estimate of drug-likeness (QED) is 0.508. The molecule has 2 aromatic carbocycles. The number of likely N-dealkylation sites (tertiary alicyclic amines) is 1. The number of likely N-dealkylation sites (N-methyl/N-ethyl adjacent to an activating group) is 1. The van der Waals surface area contributed by atoms with Crippen molar-refractivity contribution in [2.75, 3.05) is 26.7 Å². The Morgan fingerprint density at radius 2 is 1.84 bits per heavy atom. The van der Waals surface area contributed by atoms with Crippen molar-refractivity contribution in [1.29, 1.82) is 0 Å². The van der Waals surface area contributed by atoms with Gasteiger partial charge >= 0.3 is 5.97 Å². The zero-order chi connectivity index (χ0) is 21.5. The van der Waals surface area contributed by atoms with E-state index < -0.39 is 11.6 Å². The summed E-state index contributed by atoms with van der Waals surface area (Å²) in [6.45, 7) is 2.65. The Morgan fingerprint density at radius 3 is 2.48 bits per heavy atom. The molecule has 6 nitrogen and oxygen atoms in total. The van der Waals surface area contributed by atoms with Crippen LogP contribution >= 0.6 is 0 Å². The van der Waals surface area contributed by atoms with Gasteiger partial charge in [0.1, 0.15) is 12.8 Å². The molecule has 31 heavy (non-hydrogen) atoms. The molecule has 1 aromatic heterocycles. The fourth-order valence-corrected chi connectivity index (χ4v) is 5.09. The molecule has 2 heterocycles. The first kappa shape index (κ1) is 20.0. The second-order valence-corrected chi connectivity index (χ2v) is 8.96. The molecule has 0 spiro atoms. The van der Waals surface area contributed by atoms with E-state index in [4.69, 9.17) is 9.26 Å². The summed E-state index contributed by atoms with van der Waals surface area (Å²) in [4.78, 5) is 13.4. The zero-order valence-electron chi connectivity index (χ0n) is 17.7. The maximum atomic E-state index is 13.4. The maximum absolute atomic E-state index is 13.4. The number of hydrogen-bond donors (Lipinski definition) is 1. The van der Waals surface area contributed by atoms with Gasteiger partial charge < -0.3 is 18.8 Å². The van der Waals surface area contributed by atoms with E-state index in [2.05, 4.69) is 12.2 Å². The van der Waals surface area contributed by atoms with Crippen molar-refractivity contribution >= 4 is 5.97 Å². The highest BCUT2D eigenvalue weighted by atomic mass is 16.6. The summed E-state index contributed by atoms with van der Waals surface area (Å²) in [6, 6.07) is 16.9. The lowest BCUT2D eigenvalue weighted by molar-refractivity contribution is -0.916. The lowest BCUT2D eigenvalue weighted by Crippen LogP contribution is -2.55. The van der Waals surface area contributed by atoms with Crippen LogP contribution in [0, 0.1) is 0 Å². The lowest BCUT2D eigenvalue weighted by atomic mass is 9.91. The van der Waals surface area contributed by atoms with Gasteiger partial charge in [-0.3, -0.25) is 0 Å². The van der Waals surface area contributed by atoms with Crippen LogP contribution in [-0.4, -0.2) is 53.5 Å². The van der Waals surface area contributed by atoms with Gasteiger partial charge in [-0.05, 0) is 17.5 Å². The molecule has 5 rings (SSSR count). The van der Waals surface area contributed by atoms with Gasteiger partial charge in [0.15, 0.2) is 6.10 Å². The third-order valence-electron chi connectivity index (χ3n) is 6.76. The largest absolute Gasteiger partial charge is 0.454 e. The minimum Gasteiger partial charge on any atom is -0.454 e. The number of hydrogen-bond acceptors (Lipinski definition) is 5. The first-order valence-corrected chi connectivity index (χ1v) is 10.9. The standard InChI is InChI=1S/C25H27N2O4/c1-27(15-12-18-13-16-30-26-18)14-6-7-19(17-27)31-24(28)25(29)22-10-4-2-8-20(22)21-9-3-5-11-23(21)25/h2-5,8-11,13,16,19,29H,6-7,12,14-15,17H2,1H3/q+1/t19?,27-/m1/s1. The highest BCUT2D eigenvalue weighted by molar-refractivity contribution is 5.96. The van der Waals surface area contributed by atoms with E-state index in [1.54, 1.807) is 6.26 Å². The van der Waals surface area contributed by atoms with E-state index in [1.165, 1.54) is 0 Å². The van der Waals surface area contributed by atoms with Crippen LogP contribution < -0.4 is 0 Å². The highest BCUT2D eigenvalue weighted by Gasteiger charge is 2.50. The van der Waals surface area contributed by atoms with Crippen molar-refractivity contribution in [2.24, 2.45) is 0 Å². The number of aromatic nitrogens is 1. The predicted octanol–water partition coefficient (Wildman–Crippen LogP) is 3.29. The number of nitrogens with zero attached hydrogens (tertiary/aromatic N) is 2. The van der Waals surface area contributed by atoms with E-state index >= 15 is 0 Å². The van der Waals surface area contributed by atoms with Gasteiger partial charge in [0, 0.05) is 30.0 Å². The minimum atomic E-state index is -1.77. The van der Waals surface area contributed by atoms with Crippen LogP contribution in [0.3, 0.4) is 0 Å². The van der Waals surface area contributed by atoms with E-state index in [0.29, 0.717) is 11.1 Å². The van der Waals surface area contributed by atoms with E-state index in [-0.39, 0.29) is 6.10 Å². The van der Waals surface area contributed by atoms with Crippen molar-refractivity contribution in [3.8, 4) is 11.1 Å². The molecule has 0 radical (unpaired) electrons. The fraction of sp³-hybridized carbons (Fsp3) is 0.360. The van der Waals surface area contributed by atoms with Gasteiger partial charge in [-0.25, -0.2) is 4.79 Å². The molecule has 3 aromatic rings. The third-order valence-corrected chi connectivity index (χ3v) is 6.76. The number of carbonyl (C=O) groups excluding carboxylic acids is 1. The van der Waals surface area contributed by atoms with Crippen molar-refractivity contribution in [3.05, 3.63) is 77.7 Å². The average molecular weight is 420 g/mol. The summed E-state index contributed by atoms with van der Waals surface area (Å²) in [5.74, 6) is -0.583. The molecule has 1 N–H and O–H groups in total. The van der Waals surface area contributed by atoms with Gasteiger partial charge in [-0.1, -0.05) is 53.7 Å². The summed E-state index contributed by atoms with van der Waals surface area (Å²) in [5, 5.41) is 15.7. The first-order chi connectivity index (χ1) is 15.0. The number of carbonyl (C=O) groups is 1. The number of quaternary nitrogens is 1. The van der Waals surface area contributed by atoms with Gasteiger partial charge in [-0.2, -0.15) is 0 Å². The van der Waals surface area contributed by atoms with Gasteiger partial charge in [-0.15, -0.1) is 0 Å². The molecular formula is C25H27N2O4+. The van der Waals surface area contributed by atoms with E-state index in [9.17, 15) is 9.90 Å². The Morgan fingerprint density at radius 1 is 1.16 bits per heavy atom. The topological polar surface area (TPSA) is 72.6 Å². The van der Waals surface area contributed by atoms with Crippen LogP contribution in [0.4, 0.5) is 0 Å². The van der Waals surface area contributed by atoms with Gasteiger partial charge in [0.25, 0.3) is 0 Å². The number of fused-ring (bicyclic) bond motifs is 3. The number of esters is 1. The molecule has 0 bridgehead atoms. The average Bonchev–Trinajstić information content (AvgIpc) is 3.39. The van der Waals surface area contributed by atoms with Crippen LogP contribution in [0.25, 0.3) is 11.1 Å². The SMILES string of the molecule is C[N@+]1(CCc2ccon2)CCCC(OC(=O)C2(O)c3ccccc3-c3ccccc32)C1. The first-order valence-electron chi connectivity index (χ1n) is 10.9. The maximum Gasteiger partial charge on any atom is 0.348 e. The smallest absolute Gasteiger partial charge is 0.348 e. The van der Waals surface area contributed by atoms with E-state index in [1.807, 2.05) is 54.6 Å². The summed E-state index contributed by atoms with van der Waals surface area (Å²) in [7, 11) is 2.19. The molecule has 1 fully saturated rings. The second kappa shape index (κ2) is 7.62. The third kappa shape index (κ3) is 3.46. The van der Waals surface area contributed by atoms with E-state index in [0.717, 1.165) is 60.2 Å². The normalized spacial score (nSPS) is 23.7. The second-order valence-electron chi connectivity index (χ2n) is 8.96. The molecule has 1 aliphatic heterocycles. The molecule has 1 aliphatic carbocycles. The number of benzene rings is 2. The molecule has 2 atom stereocenters. The Labute approximate surface area is 181 Å². The van der Waals surface area contributed by atoms with Crippen molar-refractivity contribution < 1.29 is 23.6 Å².